The van der Waals surface area contributed by atoms with Crippen molar-refractivity contribution in [1.29, 1.82) is 0 Å². The Morgan fingerprint density at radius 1 is 1.46 bits per heavy atom. The lowest BCUT2D eigenvalue weighted by molar-refractivity contribution is 0.461. The molecule has 1 saturated heterocycles. The molecule has 2 rings (SSSR count). The molecule has 0 saturated carbocycles. The molecular formula is C10H13BrN2. The minimum absolute atomic E-state index is 0.661. The summed E-state index contributed by atoms with van der Waals surface area (Å²) in [5.74, 6) is 0.661. The third-order valence-electron chi connectivity index (χ3n) is 2.52. The van der Waals surface area contributed by atoms with Crippen molar-refractivity contribution in [3.63, 3.8) is 0 Å². The molecular weight excluding hydrogens is 228 g/mol. The smallest absolute Gasteiger partial charge is 0.106 e. The van der Waals surface area contributed by atoms with E-state index in [1.54, 1.807) is 0 Å². The van der Waals surface area contributed by atoms with Gasteiger partial charge in [-0.2, -0.15) is 0 Å². The quantitative estimate of drug-likeness (QED) is 0.763. The van der Waals surface area contributed by atoms with Crippen LogP contribution in [0.25, 0.3) is 0 Å². The van der Waals surface area contributed by atoms with Crippen LogP contribution in [0.5, 0.6) is 0 Å². The monoisotopic (exact) mass is 240 g/mol. The molecule has 1 aromatic heterocycles. The molecule has 0 amide bonds. The summed E-state index contributed by atoms with van der Waals surface area (Å²) >= 11 is 3.34. The fraction of sp³-hybridized carbons (Fsp3) is 0.500. The first kappa shape index (κ1) is 9.16. The van der Waals surface area contributed by atoms with Crippen LogP contribution < -0.4 is 5.32 Å². The molecule has 1 aromatic rings. The van der Waals surface area contributed by atoms with Gasteiger partial charge in [-0.1, -0.05) is 6.07 Å². The fourth-order valence-electron chi connectivity index (χ4n) is 1.77. The van der Waals surface area contributed by atoms with Gasteiger partial charge in [-0.15, -0.1) is 0 Å². The number of hydrogen-bond acceptors (Lipinski definition) is 2. The number of piperidine rings is 1. The molecule has 70 valence electrons. The number of halogens is 1. The van der Waals surface area contributed by atoms with Gasteiger partial charge in [0.05, 0.1) is 0 Å². The van der Waals surface area contributed by atoms with Gasteiger partial charge in [0.2, 0.25) is 0 Å². The van der Waals surface area contributed by atoms with Crippen molar-refractivity contribution >= 4 is 15.9 Å². The van der Waals surface area contributed by atoms with Crippen molar-refractivity contribution in [3.05, 3.63) is 28.5 Å². The van der Waals surface area contributed by atoms with Crippen LogP contribution in [0.3, 0.4) is 0 Å². The lowest BCUT2D eigenvalue weighted by atomic mass is 9.93. The molecule has 2 heterocycles. The summed E-state index contributed by atoms with van der Waals surface area (Å²) in [5, 5.41) is 3.41. The Kier molecular flexibility index (Phi) is 2.96. The Balaban J connectivity index is 2.10. The van der Waals surface area contributed by atoms with Crippen molar-refractivity contribution in [2.24, 2.45) is 0 Å². The van der Waals surface area contributed by atoms with Gasteiger partial charge in [-0.25, -0.2) is 4.98 Å². The van der Waals surface area contributed by atoms with Crippen LogP contribution in [-0.2, 0) is 0 Å². The van der Waals surface area contributed by atoms with Gasteiger partial charge in [0.15, 0.2) is 0 Å². The third kappa shape index (κ3) is 2.29. The first-order chi connectivity index (χ1) is 6.36. The molecule has 0 radical (unpaired) electrons. The van der Waals surface area contributed by atoms with E-state index in [2.05, 4.69) is 32.3 Å². The van der Waals surface area contributed by atoms with E-state index in [0.29, 0.717) is 5.92 Å². The Labute approximate surface area is 86.9 Å². The van der Waals surface area contributed by atoms with E-state index in [0.717, 1.165) is 11.1 Å². The second-order valence-electron chi connectivity index (χ2n) is 3.46. The highest BCUT2D eigenvalue weighted by Gasteiger charge is 2.14. The lowest BCUT2D eigenvalue weighted by Crippen LogP contribution is -2.28. The van der Waals surface area contributed by atoms with E-state index < -0.39 is 0 Å². The maximum atomic E-state index is 4.24. The second-order valence-corrected chi connectivity index (χ2v) is 4.27. The number of aromatic nitrogens is 1. The number of pyridine rings is 1. The summed E-state index contributed by atoms with van der Waals surface area (Å²) < 4.78 is 0.917. The van der Waals surface area contributed by atoms with Gasteiger partial charge in [0.25, 0.3) is 0 Å². The third-order valence-corrected chi connectivity index (χ3v) is 2.99. The van der Waals surface area contributed by atoms with E-state index in [9.17, 15) is 0 Å². The van der Waals surface area contributed by atoms with E-state index in [4.69, 9.17) is 0 Å². The molecule has 13 heavy (non-hydrogen) atoms. The van der Waals surface area contributed by atoms with Crippen LogP contribution in [0, 0.1) is 0 Å². The minimum Gasteiger partial charge on any atom is -0.316 e. The van der Waals surface area contributed by atoms with Gasteiger partial charge in [0.1, 0.15) is 4.60 Å². The van der Waals surface area contributed by atoms with Crippen molar-refractivity contribution in [2.75, 3.05) is 13.1 Å². The highest BCUT2D eigenvalue weighted by molar-refractivity contribution is 9.10. The van der Waals surface area contributed by atoms with Crippen molar-refractivity contribution in [1.82, 2.24) is 10.3 Å². The number of rotatable bonds is 1. The fourth-order valence-corrected chi connectivity index (χ4v) is 2.00. The van der Waals surface area contributed by atoms with Crippen molar-refractivity contribution in [2.45, 2.75) is 18.8 Å². The molecule has 3 heteroatoms. The zero-order valence-corrected chi connectivity index (χ0v) is 9.05. The molecule has 0 aromatic carbocycles. The lowest BCUT2D eigenvalue weighted by Gasteiger charge is -2.22. The summed E-state index contributed by atoms with van der Waals surface area (Å²) in [4.78, 5) is 4.24. The van der Waals surface area contributed by atoms with E-state index in [1.165, 1.54) is 24.9 Å². The molecule has 0 aliphatic carbocycles. The maximum absolute atomic E-state index is 4.24. The summed E-state index contributed by atoms with van der Waals surface area (Å²) in [6, 6.07) is 4.18. The number of nitrogens with zero attached hydrogens (tertiary/aromatic N) is 1. The van der Waals surface area contributed by atoms with Crippen LogP contribution in [0.4, 0.5) is 0 Å². The molecule has 1 aliphatic rings. The molecule has 2 nitrogen and oxygen atoms in total. The van der Waals surface area contributed by atoms with Gasteiger partial charge in [-0.3, -0.25) is 0 Å². The van der Waals surface area contributed by atoms with E-state index >= 15 is 0 Å². The predicted octanol–water partition coefficient (Wildman–Crippen LogP) is 2.31. The minimum atomic E-state index is 0.661. The summed E-state index contributed by atoms with van der Waals surface area (Å²) in [5.41, 5.74) is 1.36. The average Bonchev–Trinajstić information content (AvgIpc) is 2.20. The first-order valence-corrected chi connectivity index (χ1v) is 5.48. The Morgan fingerprint density at radius 2 is 2.38 bits per heavy atom. The second kappa shape index (κ2) is 4.20. The zero-order chi connectivity index (χ0) is 9.10. The summed E-state index contributed by atoms with van der Waals surface area (Å²) in [6.07, 6.45) is 4.54. The standard InChI is InChI=1S/C10H13BrN2/c11-10-4-3-9(7-13-10)8-2-1-5-12-6-8/h3-4,7-8,12H,1-2,5-6H2. The van der Waals surface area contributed by atoms with Crippen molar-refractivity contribution < 1.29 is 0 Å². The SMILES string of the molecule is Brc1ccc(C2CCCNC2)cn1. The Hall–Kier alpha value is -0.410. The Bertz CT molecular complexity index is 265. The van der Waals surface area contributed by atoms with Gasteiger partial charge in [-0.05, 0) is 52.9 Å². The highest BCUT2D eigenvalue weighted by atomic mass is 79.9. The largest absolute Gasteiger partial charge is 0.316 e. The van der Waals surface area contributed by atoms with Crippen LogP contribution in [0.2, 0.25) is 0 Å². The maximum Gasteiger partial charge on any atom is 0.106 e. The normalized spacial score (nSPS) is 23.0. The molecule has 1 unspecified atom stereocenters. The molecule has 0 spiro atoms. The first-order valence-electron chi connectivity index (χ1n) is 4.68. The van der Waals surface area contributed by atoms with Gasteiger partial charge in [0, 0.05) is 12.7 Å². The summed E-state index contributed by atoms with van der Waals surface area (Å²) in [6.45, 7) is 2.27. The van der Waals surface area contributed by atoms with E-state index in [1.807, 2.05) is 12.3 Å². The number of hydrogen-bond donors (Lipinski definition) is 1. The Morgan fingerprint density at radius 3 is 3.00 bits per heavy atom. The molecule has 1 N–H and O–H groups in total. The van der Waals surface area contributed by atoms with Crippen LogP contribution >= 0.6 is 15.9 Å². The molecule has 1 atom stereocenters. The summed E-state index contributed by atoms with van der Waals surface area (Å²) in [7, 11) is 0. The molecule has 1 aliphatic heterocycles. The molecule has 0 bridgehead atoms. The molecule has 1 fully saturated rings. The van der Waals surface area contributed by atoms with Gasteiger partial charge < -0.3 is 5.32 Å². The van der Waals surface area contributed by atoms with Crippen LogP contribution in [0.1, 0.15) is 24.3 Å². The van der Waals surface area contributed by atoms with E-state index in [-0.39, 0.29) is 0 Å². The topological polar surface area (TPSA) is 24.9 Å². The van der Waals surface area contributed by atoms with Gasteiger partial charge >= 0.3 is 0 Å². The van der Waals surface area contributed by atoms with Crippen molar-refractivity contribution in [3.8, 4) is 0 Å². The van der Waals surface area contributed by atoms with Crippen LogP contribution in [0.15, 0.2) is 22.9 Å². The zero-order valence-electron chi connectivity index (χ0n) is 7.46. The highest BCUT2D eigenvalue weighted by Crippen LogP contribution is 2.22. The van der Waals surface area contributed by atoms with Crippen LogP contribution in [-0.4, -0.2) is 18.1 Å². The average molecular weight is 241 g/mol. The predicted molar refractivity (Wildman–Crippen MR) is 56.8 cm³/mol. The number of nitrogens with one attached hydrogen (secondary N) is 1.